The third-order valence-electron chi connectivity index (χ3n) is 2.66. The van der Waals surface area contributed by atoms with Crippen LogP contribution < -0.4 is 10.2 Å². The number of rotatable bonds is 2. The van der Waals surface area contributed by atoms with Crippen LogP contribution in [0.5, 0.6) is 0 Å². The highest BCUT2D eigenvalue weighted by Crippen LogP contribution is 2.31. The van der Waals surface area contributed by atoms with E-state index in [-0.39, 0.29) is 12.3 Å². The Morgan fingerprint density at radius 3 is 2.94 bits per heavy atom. The molecule has 6 heteroatoms. The van der Waals surface area contributed by atoms with Gasteiger partial charge in [-0.15, -0.1) is 0 Å². The molecule has 0 aliphatic carbocycles. The SMILES string of the molecule is CN1C(=O)C(CC(=O)O)Nc2ccc(F)cc21. The molecule has 0 radical (unpaired) electrons. The van der Waals surface area contributed by atoms with E-state index in [9.17, 15) is 14.0 Å². The zero-order valence-corrected chi connectivity index (χ0v) is 9.11. The number of carboxylic acid groups (broad SMARTS) is 1. The van der Waals surface area contributed by atoms with E-state index in [4.69, 9.17) is 5.11 Å². The summed E-state index contributed by atoms with van der Waals surface area (Å²) in [6, 6.07) is 3.17. The number of hydrogen-bond donors (Lipinski definition) is 2. The van der Waals surface area contributed by atoms with Crippen molar-refractivity contribution in [2.45, 2.75) is 12.5 Å². The lowest BCUT2D eigenvalue weighted by Crippen LogP contribution is -2.46. The first-order chi connectivity index (χ1) is 7.99. The van der Waals surface area contributed by atoms with Crippen LogP contribution in [-0.2, 0) is 9.59 Å². The number of carbonyl (C=O) groups is 2. The molecule has 0 saturated heterocycles. The minimum Gasteiger partial charge on any atom is -0.481 e. The van der Waals surface area contributed by atoms with Crippen molar-refractivity contribution in [3.63, 3.8) is 0 Å². The smallest absolute Gasteiger partial charge is 0.305 e. The molecule has 1 atom stereocenters. The standard InChI is InChI=1S/C11H11FN2O3/c1-14-9-4-6(12)2-3-7(9)13-8(11(14)17)5-10(15)16/h2-4,8,13H,5H2,1H3,(H,15,16). The Morgan fingerprint density at radius 1 is 1.59 bits per heavy atom. The lowest BCUT2D eigenvalue weighted by molar-refractivity contribution is -0.138. The summed E-state index contributed by atoms with van der Waals surface area (Å²) in [4.78, 5) is 23.7. The van der Waals surface area contributed by atoms with E-state index in [0.717, 1.165) is 0 Å². The number of halogens is 1. The maximum absolute atomic E-state index is 13.0. The van der Waals surface area contributed by atoms with Crippen LogP contribution in [0.2, 0.25) is 0 Å². The van der Waals surface area contributed by atoms with E-state index < -0.39 is 17.8 Å². The molecule has 90 valence electrons. The number of hydrogen-bond acceptors (Lipinski definition) is 3. The zero-order valence-electron chi connectivity index (χ0n) is 9.11. The number of carboxylic acids is 1. The Balaban J connectivity index is 2.35. The van der Waals surface area contributed by atoms with Gasteiger partial charge in [0, 0.05) is 7.05 Å². The highest BCUT2D eigenvalue weighted by atomic mass is 19.1. The Hall–Kier alpha value is -2.11. The van der Waals surface area contributed by atoms with Crippen LogP contribution in [0.15, 0.2) is 18.2 Å². The molecular weight excluding hydrogens is 227 g/mol. The molecule has 1 aromatic carbocycles. The van der Waals surface area contributed by atoms with Gasteiger partial charge in [0.15, 0.2) is 0 Å². The van der Waals surface area contributed by atoms with Crippen molar-refractivity contribution in [3.8, 4) is 0 Å². The van der Waals surface area contributed by atoms with Gasteiger partial charge in [-0.1, -0.05) is 0 Å². The van der Waals surface area contributed by atoms with Crippen molar-refractivity contribution in [2.24, 2.45) is 0 Å². The van der Waals surface area contributed by atoms with Gasteiger partial charge in [0.2, 0.25) is 5.91 Å². The first-order valence-corrected chi connectivity index (χ1v) is 5.04. The second kappa shape index (κ2) is 4.04. The molecule has 1 amide bonds. The van der Waals surface area contributed by atoms with Crippen molar-refractivity contribution in [2.75, 3.05) is 17.3 Å². The lowest BCUT2D eigenvalue weighted by Gasteiger charge is -2.32. The maximum Gasteiger partial charge on any atom is 0.305 e. The van der Waals surface area contributed by atoms with Gasteiger partial charge in [0.25, 0.3) is 0 Å². The minimum atomic E-state index is -1.06. The molecule has 5 nitrogen and oxygen atoms in total. The van der Waals surface area contributed by atoms with Crippen molar-refractivity contribution in [1.82, 2.24) is 0 Å². The van der Waals surface area contributed by atoms with Gasteiger partial charge < -0.3 is 15.3 Å². The number of nitrogens with zero attached hydrogens (tertiary/aromatic N) is 1. The zero-order chi connectivity index (χ0) is 12.6. The van der Waals surface area contributed by atoms with Crippen molar-refractivity contribution >= 4 is 23.3 Å². The highest BCUT2D eigenvalue weighted by Gasteiger charge is 2.31. The van der Waals surface area contributed by atoms with Crippen LogP contribution in [-0.4, -0.2) is 30.1 Å². The lowest BCUT2D eigenvalue weighted by atomic mass is 10.1. The fourth-order valence-electron chi connectivity index (χ4n) is 1.82. The molecule has 1 aromatic rings. The van der Waals surface area contributed by atoms with E-state index >= 15 is 0 Å². The number of fused-ring (bicyclic) bond motifs is 1. The average Bonchev–Trinajstić information content (AvgIpc) is 2.26. The van der Waals surface area contributed by atoms with Gasteiger partial charge >= 0.3 is 5.97 Å². The summed E-state index contributed by atoms with van der Waals surface area (Å²) in [7, 11) is 1.50. The number of aliphatic carboxylic acids is 1. The average molecular weight is 238 g/mol. The predicted octanol–water partition coefficient (Wildman–Crippen LogP) is 1.06. The van der Waals surface area contributed by atoms with E-state index in [1.165, 1.54) is 30.1 Å². The molecule has 0 bridgehead atoms. The molecule has 0 fully saturated rings. The number of anilines is 2. The van der Waals surface area contributed by atoms with E-state index in [1.807, 2.05) is 0 Å². The van der Waals surface area contributed by atoms with Crippen LogP contribution in [0, 0.1) is 5.82 Å². The van der Waals surface area contributed by atoms with E-state index in [2.05, 4.69) is 5.32 Å². The van der Waals surface area contributed by atoms with Gasteiger partial charge in [0.1, 0.15) is 11.9 Å². The summed E-state index contributed by atoms with van der Waals surface area (Å²) < 4.78 is 13.0. The summed E-state index contributed by atoms with van der Waals surface area (Å²) in [5.41, 5.74) is 0.969. The summed E-state index contributed by atoms with van der Waals surface area (Å²) in [6.07, 6.45) is -0.306. The van der Waals surface area contributed by atoms with Crippen LogP contribution >= 0.6 is 0 Å². The number of likely N-dealkylation sites (N-methyl/N-ethyl adjacent to an activating group) is 1. The van der Waals surface area contributed by atoms with Gasteiger partial charge in [-0.2, -0.15) is 0 Å². The monoisotopic (exact) mass is 238 g/mol. The van der Waals surface area contributed by atoms with Gasteiger partial charge in [-0.05, 0) is 18.2 Å². The molecule has 1 aliphatic rings. The van der Waals surface area contributed by atoms with Gasteiger partial charge in [-0.25, -0.2) is 4.39 Å². The third-order valence-corrected chi connectivity index (χ3v) is 2.66. The Labute approximate surface area is 96.8 Å². The fraction of sp³-hybridized carbons (Fsp3) is 0.273. The number of carbonyl (C=O) groups excluding carboxylic acids is 1. The van der Waals surface area contributed by atoms with Crippen LogP contribution in [0.3, 0.4) is 0 Å². The molecule has 2 rings (SSSR count). The summed E-state index contributed by atoms with van der Waals surface area (Å²) in [5, 5.41) is 11.5. The van der Waals surface area contributed by atoms with Crippen molar-refractivity contribution in [3.05, 3.63) is 24.0 Å². The van der Waals surface area contributed by atoms with Crippen molar-refractivity contribution in [1.29, 1.82) is 0 Å². The first kappa shape index (κ1) is 11.4. The molecule has 1 heterocycles. The van der Waals surface area contributed by atoms with E-state index in [0.29, 0.717) is 11.4 Å². The molecule has 0 spiro atoms. The molecule has 2 N–H and O–H groups in total. The fourth-order valence-corrected chi connectivity index (χ4v) is 1.82. The Bertz CT molecular complexity index is 490. The van der Waals surface area contributed by atoms with Crippen LogP contribution in [0.25, 0.3) is 0 Å². The van der Waals surface area contributed by atoms with Gasteiger partial charge in [-0.3, -0.25) is 9.59 Å². The summed E-state index contributed by atoms with van der Waals surface area (Å²) in [5.74, 6) is -1.89. The second-order valence-corrected chi connectivity index (χ2v) is 3.85. The number of benzene rings is 1. The van der Waals surface area contributed by atoms with E-state index in [1.54, 1.807) is 0 Å². The van der Waals surface area contributed by atoms with Crippen molar-refractivity contribution < 1.29 is 19.1 Å². The normalized spacial score (nSPS) is 18.6. The number of nitrogens with one attached hydrogen (secondary N) is 1. The molecule has 0 saturated carbocycles. The Morgan fingerprint density at radius 2 is 2.29 bits per heavy atom. The largest absolute Gasteiger partial charge is 0.481 e. The minimum absolute atomic E-state index is 0.306. The molecular formula is C11H11FN2O3. The molecule has 1 aliphatic heterocycles. The third kappa shape index (κ3) is 2.06. The van der Waals surface area contributed by atoms with Gasteiger partial charge in [0.05, 0.1) is 17.8 Å². The topological polar surface area (TPSA) is 69.6 Å². The van der Waals surface area contributed by atoms with Crippen LogP contribution in [0.4, 0.5) is 15.8 Å². The molecule has 17 heavy (non-hydrogen) atoms. The predicted molar refractivity (Wildman–Crippen MR) is 59.5 cm³/mol. The highest BCUT2D eigenvalue weighted by molar-refractivity contribution is 6.05. The van der Waals surface area contributed by atoms with Crippen LogP contribution in [0.1, 0.15) is 6.42 Å². The Kier molecular flexibility index (Phi) is 2.71. The summed E-state index contributed by atoms with van der Waals surface area (Å²) >= 11 is 0. The second-order valence-electron chi connectivity index (χ2n) is 3.85. The number of amides is 1. The summed E-state index contributed by atoms with van der Waals surface area (Å²) in [6.45, 7) is 0. The maximum atomic E-state index is 13.0. The molecule has 0 aromatic heterocycles. The first-order valence-electron chi connectivity index (χ1n) is 5.04. The molecule has 1 unspecified atom stereocenters. The quantitative estimate of drug-likeness (QED) is 0.808.